The van der Waals surface area contributed by atoms with Crippen LogP contribution in [-0.2, 0) is 13.0 Å². The number of rotatable bonds is 6. The fourth-order valence-electron chi connectivity index (χ4n) is 2.91. The van der Waals surface area contributed by atoms with Crippen molar-refractivity contribution in [3.05, 3.63) is 86.4 Å². The van der Waals surface area contributed by atoms with E-state index in [0.29, 0.717) is 41.2 Å². The van der Waals surface area contributed by atoms with Crippen LogP contribution in [0.4, 0.5) is 4.39 Å². The van der Waals surface area contributed by atoms with Gasteiger partial charge in [-0.1, -0.05) is 29.8 Å². The second-order valence-electron chi connectivity index (χ2n) is 6.47. The highest BCUT2D eigenvalue weighted by Gasteiger charge is 2.12. The quantitative estimate of drug-likeness (QED) is 0.698. The molecular formula is C21H21ClFN3O. The molecule has 0 aliphatic heterocycles. The molecule has 1 heterocycles. The molecule has 0 unspecified atom stereocenters. The number of aromatic nitrogens is 2. The first-order valence-electron chi connectivity index (χ1n) is 8.80. The number of nitrogens with two attached hydrogens (primary N) is 1. The molecule has 0 fully saturated rings. The first kappa shape index (κ1) is 19.3. The minimum Gasteiger partial charge on any atom is -0.330 e. The van der Waals surface area contributed by atoms with Crippen molar-refractivity contribution < 1.29 is 4.39 Å². The summed E-state index contributed by atoms with van der Waals surface area (Å²) in [6.45, 7) is 2.47. The lowest BCUT2D eigenvalue weighted by Crippen LogP contribution is -2.27. The summed E-state index contributed by atoms with van der Waals surface area (Å²) in [6.07, 6.45) is 1.26. The predicted octanol–water partition coefficient (Wildman–Crippen LogP) is 3.95. The number of hydrogen-bond donors (Lipinski definition) is 1. The van der Waals surface area contributed by atoms with E-state index in [1.54, 1.807) is 31.2 Å². The Bertz CT molecular complexity index is 1020. The zero-order valence-corrected chi connectivity index (χ0v) is 15.8. The van der Waals surface area contributed by atoms with E-state index in [1.165, 1.54) is 10.7 Å². The van der Waals surface area contributed by atoms with Gasteiger partial charge in [0, 0.05) is 16.1 Å². The Morgan fingerprint density at radius 2 is 1.93 bits per heavy atom. The maximum Gasteiger partial charge on any atom is 0.270 e. The highest BCUT2D eigenvalue weighted by Crippen LogP contribution is 2.21. The van der Waals surface area contributed by atoms with Gasteiger partial charge in [-0.3, -0.25) is 4.79 Å². The summed E-state index contributed by atoms with van der Waals surface area (Å²) >= 11 is 6.24. The van der Waals surface area contributed by atoms with Crippen LogP contribution in [0.3, 0.4) is 0 Å². The average molecular weight is 386 g/mol. The summed E-state index contributed by atoms with van der Waals surface area (Å²) in [4.78, 5) is 12.9. The molecule has 2 aromatic carbocycles. The van der Waals surface area contributed by atoms with E-state index in [0.717, 1.165) is 11.1 Å². The summed E-state index contributed by atoms with van der Waals surface area (Å²) < 4.78 is 15.0. The minimum atomic E-state index is -0.272. The van der Waals surface area contributed by atoms with E-state index in [9.17, 15) is 9.18 Å². The number of aryl methyl sites for hydroxylation is 2. The average Bonchev–Trinajstić information content (AvgIpc) is 2.66. The summed E-state index contributed by atoms with van der Waals surface area (Å²) in [7, 11) is 0. The van der Waals surface area contributed by atoms with Gasteiger partial charge >= 0.3 is 0 Å². The zero-order valence-electron chi connectivity index (χ0n) is 15.1. The smallest absolute Gasteiger partial charge is 0.270 e. The topological polar surface area (TPSA) is 60.9 Å². The Balaban J connectivity index is 2.09. The van der Waals surface area contributed by atoms with Crippen LogP contribution >= 0.6 is 11.6 Å². The van der Waals surface area contributed by atoms with E-state index in [2.05, 4.69) is 5.10 Å². The maximum absolute atomic E-state index is 13.6. The molecule has 1 aromatic heterocycles. The number of halogens is 2. The lowest BCUT2D eigenvalue weighted by Gasteiger charge is -2.12. The Kier molecular flexibility index (Phi) is 6.04. The van der Waals surface area contributed by atoms with Gasteiger partial charge in [0.15, 0.2) is 0 Å². The monoisotopic (exact) mass is 385 g/mol. The van der Waals surface area contributed by atoms with Crippen molar-refractivity contribution in [2.75, 3.05) is 6.54 Å². The largest absolute Gasteiger partial charge is 0.330 e. The fourth-order valence-corrected chi connectivity index (χ4v) is 3.10. The molecule has 0 atom stereocenters. The normalized spacial score (nSPS) is 11.0. The first-order chi connectivity index (χ1) is 13.0. The van der Waals surface area contributed by atoms with Gasteiger partial charge in [0.25, 0.3) is 5.56 Å². The lowest BCUT2D eigenvalue weighted by atomic mass is 10.1. The predicted molar refractivity (Wildman–Crippen MR) is 107 cm³/mol. The molecule has 0 saturated heterocycles. The van der Waals surface area contributed by atoms with Crippen LogP contribution in [0.5, 0.6) is 0 Å². The molecule has 140 valence electrons. The van der Waals surface area contributed by atoms with Crippen molar-refractivity contribution in [2.45, 2.75) is 26.3 Å². The van der Waals surface area contributed by atoms with E-state index in [1.807, 2.05) is 18.2 Å². The Hall–Kier alpha value is -2.50. The summed E-state index contributed by atoms with van der Waals surface area (Å²) in [5.41, 5.74) is 8.81. The molecule has 3 aromatic rings. The van der Waals surface area contributed by atoms with Crippen molar-refractivity contribution in [3.63, 3.8) is 0 Å². The summed E-state index contributed by atoms with van der Waals surface area (Å²) in [5.74, 6) is -0.272. The molecule has 4 nitrogen and oxygen atoms in total. The van der Waals surface area contributed by atoms with Crippen molar-refractivity contribution >= 4 is 11.6 Å². The minimum absolute atomic E-state index is 0.161. The SMILES string of the molecule is Cc1cc(-c2cc(CCCN)c(=O)n(Cc3ccccc3Cl)n2)ccc1F. The molecular weight excluding hydrogens is 365 g/mol. The highest BCUT2D eigenvalue weighted by atomic mass is 35.5. The molecule has 3 rings (SSSR count). The molecule has 0 amide bonds. The molecule has 0 spiro atoms. The van der Waals surface area contributed by atoms with Gasteiger partial charge in [0.2, 0.25) is 0 Å². The summed E-state index contributed by atoms with van der Waals surface area (Å²) in [5, 5.41) is 5.09. The van der Waals surface area contributed by atoms with Gasteiger partial charge < -0.3 is 5.73 Å². The fraction of sp³-hybridized carbons (Fsp3) is 0.238. The molecule has 6 heteroatoms. The van der Waals surface area contributed by atoms with Crippen molar-refractivity contribution in [3.8, 4) is 11.3 Å². The van der Waals surface area contributed by atoms with Gasteiger partial charge in [-0.15, -0.1) is 0 Å². The third-order valence-corrected chi connectivity index (χ3v) is 4.80. The Labute approximate surface area is 162 Å². The van der Waals surface area contributed by atoms with Gasteiger partial charge in [0.05, 0.1) is 12.2 Å². The standard InChI is InChI=1S/C21H21ClFN3O/c1-14-11-15(8-9-19(14)23)20-12-16(6-4-10-24)21(27)26(25-20)13-17-5-2-3-7-18(17)22/h2-3,5,7-9,11-12H,4,6,10,13,24H2,1H3. The Morgan fingerprint density at radius 3 is 2.63 bits per heavy atom. The maximum atomic E-state index is 13.6. The van der Waals surface area contributed by atoms with Gasteiger partial charge in [-0.25, -0.2) is 9.07 Å². The Morgan fingerprint density at radius 1 is 1.15 bits per heavy atom. The van der Waals surface area contributed by atoms with E-state index >= 15 is 0 Å². The number of benzene rings is 2. The van der Waals surface area contributed by atoms with Crippen LogP contribution in [-0.4, -0.2) is 16.3 Å². The van der Waals surface area contributed by atoms with Crippen molar-refractivity contribution in [2.24, 2.45) is 5.73 Å². The number of hydrogen-bond acceptors (Lipinski definition) is 3. The van der Waals surface area contributed by atoms with Crippen molar-refractivity contribution in [1.29, 1.82) is 0 Å². The van der Waals surface area contributed by atoms with Crippen LogP contribution < -0.4 is 11.3 Å². The van der Waals surface area contributed by atoms with Crippen LogP contribution in [0.1, 0.15) is 23.1 Å². The zero-order chi connectivity index (χ0) is 19.4. The van der Waals surface area contributed by atoms with Crippen LogP contribution in [0, 0.1) is 12.7 Å². The van der Waals surface area contributed by atoms with E-state index in [4.69, 9.17) is 17.3 Å². The molecule has 0 saturated carbocycles. The molecule has 27 heavy (non-hydrogen) atoms. The summed E-state index contributed by atoms with van der Waals surface area (Å²) in [6, 6.07) is 13.9. The van der Waals surface area contributed by atoms with Crippen LogP contribution in [0.25, 0.3) is 11.3 Å². The van der Waals surface area contributed by atoms with Crippen LogP contribution in [0.2, 0.25) is 5.02 Å². The van der Waals surface area contributed by atoms with Crippen LogP contribution in [0.15, 0.2) is 53.3 Å². The van der Waals surface area contributed by atoms with Gasteiger partial charge in [-0.2, -0.15) is 5.10 Å². The molecule has 0 aliphatic carbocycles. The van der Waals surface area contributed by atoms with E-state index < -0.39 is 0 Å². The van der Waals surface area contributed by atoms with Gasteiger partial charge in [0.1, 0.15) is 5.82 Å². The van der Waals surface area contributed by atoms with Crippen molar-refractivity contribution in [1.82, 2.24) is 9.78 Å². The first-order valence-corrected chi connectivity index (χ1v) is 9.18. The third kappa shape index (κ3) is 4.43. The molecule has 2 N–H and O–H groups in total. The van der Waals surface area contributed by atoms with Gasteiger partial charge in [-0.05, 0) is 67.8 Å². The van der Waals surface area contributed by atoms with E-state index in [-0.39, 0.29) is 17.9 Å². The highest BCUT2D eigenvalue weighted by molar-refractivity contribution is 6.31. The molecule has 0 bridgehead atoms. The second kappa shape index (κ2) is 8.46. The number of nitrogens with zero attached hydrogens (tertiary/aromatic N) is 2. The lowest BCUT2D eigenvalue weighted by molar-refractivity contribution is 0.617. The third-order valence-electron chi connectivity index (χ3n) is 4.43. The second-order valence-corrected chi connectivity index (χ2v) is 6.87. The molecule has 0 aliphatic rings. The molecule has 0 radical (unpaired) electrons.